The molecule has 0 atom stereocenters. The molecule has 0 bridgehead atoms. The highest BCUT2D eigenvalue weighted by Gasteiger charge is 2.29. The summed E-state index contributed by atoms with van der Waals surface area (Å²) in [5.41, 5.74) is 2.65. The summed E-state index contributed by atoms with van der Waals surface area (Å²) >= 11 is 0. The van der Waals surface area contributed by atoms with Crippen molar-refractivity contribution in [1.82, 2.24) is 14.9 Å². The number of aryl methyl sites for hydroxylation is 2. The fourth-order valence-electron chi connectivity index (χ4n) is 2.78. The first-order valence-corrected chi connectivity index (χ1v) is 8.82. The predicted molar refractivity (Wildman–Crippen MR) is 99.7 cm³/mol. The van der Waals surface area contributed by atoms with Crippen LogP contribution in [0.25, 0.3) is 0 Å². The van der Waals surface area contributed by atoms with Crippen molar-refractivity contribution in [3.8, 4) is 5.88 Å². The first-order valence-electron chi connectivity index (χ1n) is 8.82. The molecule has 0 aliphatic rings. The number of aromatic nitrogens is 2. The minimum atomic E-state index is -4.44. The molecule has 0 aromatic carbocycles. The maximum atomic E-state index is 12.7. The lowest BCUT2D eigenvalue weighted by Crippen LogP contribution is -2.27. The third-order valence-corrected chi connectivity index (χ3v) is 3.91. The van der Waals surface area contributed by atoms with Gasteiger partial charge in [-0.25, -0.2) is 4.98 Å². The summed E-state index contributed by atoms with van der Waals surface area (Å²) in [5, 5.41) is 0. The SMILES string of the molecule is CC(=O)Cc1cc(C(=O)N(C)Cc2cnc(OCC(F)(F)F)c(C)c2)cc(C)n1. The number of carbonyl (C=O) groups excluding carboxylic acids is 2. The minimum absolute atomic E-state index is 0.0516. The normalized spacial score (nSPS) is 11.3. The quantitative estimate of drug-likeness (QED) is 0.701. The Morgan fingerprint density at radius 3 is 2.45 bits per heavy atom. The van der Waals surface area contributed by atoms with Gasteiger partial charge in [-0.3, -0.25) is 14.6 Å². The van der Waals surface area contributed by atoms with Crippen molar-refractivity contribution in [2.45, 2.75) is 39.9 Å². The number of amides is 1. The maximum absolute atomic E-state index is 12.7. The van der Waals surface area contributed by atoms with Gasteiger partial charge in [-0.1, -0.05) is 0 Å². The van der Waals surface area contributed by atoms with Crippen LogP contribution >= 0.6 is 0 Å². The van der Waals surface area contributed by atoms with Crippen LogP contribution in [0.5, 0.6) is 5.88 Å². The monoisotopic (exact) mass is 409 g/mol. The second-order valence-corrected chi connectivity index (χ2v) is 6.90. The fraction of sp³-hybridized carbons (Fsp3) is 0.400. The van der Waals surface area contributed by atoms with Gasteiger partial charge in [0.05, 0.1) is 0 Å². The van der Waals surface area contributed by atoms with Gasteiger partial charge in [0, 0.05) is 48.7 Å². The zero-order valence-electron chi connectivity index (χ0n) is 16.6. The lowest BCUT2D eigenvalue weighted by molar-refractivity contribution is -0.154. The standard InChI is InChI=1S/C20H22F3N3O3/c1-12-5-15(9-24-18(12)29-11-20(21,22)23)10-26(4)19(28)16-6-13(2)25-17(8-16)7-14(3)27/h5-6,8-9H,7,10-11H2,1-4H3. The van der Waals surface area contributed by atoms with Gasteiger partial charge >= 0.3 is 6.18 Å². The Hall–Kier alpha value is -2.97. The van der Waals surface area contributed by atoms with E-state index in [2.05, 4.69) is 14.7 Å². The molecule has 0 unspecified atom stereocenters. The Kier molecular flexibility index (Phi) is 6.94. The molecular formula is C20H22F3N3O3. The molecule has 0 N–H and O–H groups in total. The Balaban J connectivity index is 2.10. The molecule has 2 heterocycles. The van der Waals surface area contributed by atoms with Crippen LogP contribution in [-0.2, 0) is 17.8 Å². The van der Waals surface area contributed by atoms with Crippen LogP contribution in [0, 0.1) is 13.8 Å². The topological polar surface area (TPSA) is 72.4 Å². The van der Waals surface area contributed by atoms with Crippen LogP contribution in [0.1, 0.15) is 39.8 Å². The molecule has 0 radical (unpaired) electrons. The number of Topliss-reactive ketones (excluding diaryl/α,β-unsaturated/α-hetero) is 1. The number of rotatable bonds is 7. The van der Waals surface area contributed by atoms with Crippen molar-refractivity contribution in [2.75, 3.05) is 13.7 Å². The van der Waals surface area contributed by atoms with E-state index < -0.39 is 12.8 Å². The highest BCUT2D eigenvalue weighted by Crippen LogP contribution is 2.21. The number of pyridine rings is 2. The van der Waals surface area contributed by atoms with E-state index in [1.165, 1.54) is 18.0 Å². The van der Waals surface area contributed by atoms with E-state index in [0.29, 0.717) is 28.1 Å². The number of hydrogen-bond acceptors (Lipinski definition) is 5. The molecule has 2 rings (SSSR count). The van der Waals surface area contributed by atoms with E-state index >= 15 is 0 Å². The summed E-state index contributed by atoms with van der Waals surface area (Å²) in [6, 6.07) is 4.85. The van der Waals surface area contributed by atoms with Gasteiger partial charge in [0.25, 0.3) is 5.91 Å². The molecule has 2 aromatic rings. The van der Waals surface area contributed by atoms with Crippen molar-refractivity contribution in [3.63, 3.8) is 0 Å². The average molecular weight is 409 g/mol. The molecule has 0 spiro atoms. The number of ketones is 1. The van der Waals surface area contributed by atoms with Crippen molar-refractivity contribution >= 4 is 11.7 Å². The average Bonchev–Trinajstić information content (AvgIpc) is 2.58. The van der Waals surface area contributed by atoms with Gasteiger partial charge in [0.15, 0.2) is 6.61 Å². The van der Waals surface area contributed by atoms with Crippen LogP contribution in [0.4, 0.5) is 13.2 Å². The number of hydrogen-bond donors (Lipinski definition) is 0. The maximum Gasteiger partial charge on any atom is 0.422 e. The summed E-state index contributed by atoms with van der Waals surface area (Å²) in [6.45, 7) is 3.57. The third-order valence-electron chi connectivity index (χ3n) is 3.91. The highest BCUT2D eigenvalue weighted by molar-refractivity contribution is 5.94. The van der Waals surface area contributed by atoms with Crippen LogP contribution in [0.3, 0.4) is 0 Å². The summed E-state index contributed by atoms with van der Waals surface area (Å²) < 4.78 is 41.5. The van der Waals surface area contributed by atoms with E-state index in [1.54, 1.807) is 39.1 Å². The van der Waals surface area contributed by atoms with Gasteiger partial charge in [-0.05, 0) is 44.5 Å². The molecule has 1 amide bonds. The minimum Gasteiger partial charge on any atom is -0.468 e. The number of alkyl halides is 3. The van der Waals surface area contributed by atoms with Gasteiger partial charge in [0.1, 0.15) is 5.78 Å². The molecular weight excluding hydrogens is 387 g/mol. The van der Waals surface area contributed by atoms with Crippen LogP contribution < -0.4 is 4.74 Å². The molecule has 9 heteroatoms. The van der Waals surface area contributed by atoms with Gasteiger partial charge < -0.3 is 9.64 Å². The summed E-state index contributed by atoms with van der Waals surface area (Å²) in [4.78, 5) is 33.7. The fourth-order valence-corrected chi connectivity index (χ4v) is 2.78. The van der Waals surface area contributed by atoms with Crippen molar-refractivity contribution in [2.24, 2.45) is 0 Å². The van der Waals surface area contributed by atoms with E-state index in [1.807, 2.05) is 0 Å². The van der Waals surface area contributed by atoms with Crippen molar-refractivity contribution in [1.29, 1.82) is 0 Å². The molecule has 6 nitrogen and oxygen atoms in total. The molecule has 0 saturated heterocycles. The highest BCUT2D eigenvalue weighted by atomic mass is 19.4. The zero-order chi connectivity index (χ0) is 21.8. The largest absolute Gasteiger partial charge is 0.468 e. The summed E-state index contributed by atoms with van der Waals surface area (Å²) in [6.07, 6.45) is -2.92. The smallest absolute Gasteiger partial charge is 0.422 e. The lowest BCUT2D eigenvalue weighted by Gasteiger charge is -2.19. The molecule has 29 heavy (non-hydrogen) atoms. The lowest BCUT2D eigenvalue weighted by atomic mass is 10.1. The number of halogens is 3. The Labute approximate surface area is 166 Å². The number of ether oxygens (including phenoxy) is 1. The Morgan fingerprint density at radius 1 is 1.17 bits per heavy atom. The van der Waals surface area contributed by atoms with Gasteiger partial charge in [0.2, 0.25) is 5.88 Å². The summed E-state index contributed by atoms with van der Waals surface area (Å²) in [5.74, 6) is -0.418. The van der Waals surface area contributed by atoms with E-state index in [4.69, 9.17) is 0 Å². The second kappa shape index (κ2) is 9.02. The first kappa shape index (κ1) is 22.3. The zero-order valence-corrected chi connectivity index (χ0v) is 16.6. The second-order valence-electron chi connectivity index (χ2n) is 6.90. The first-order chi connectivity index (χ1) is 13.4. The van der Waals surface area contributed by atoms with E-state index in [0.717, 1.165) is 0 Å². The van der Waals surface area contributed by atoms with Crippen LogP contribution in [0.2, 0.25) is 0 Å². The number of nitrogens with zero attached hydrogens (tertiary/aromatic N) is 3. The number of carbonyl (C=O) groups is 2. The molecule has 2 aromatic heterocycles. The van der Waals surface area contributed by atoms with Gasteiger partial charge in [-0.15, -0.1) is 0 Å². The van der Waals surface area contributed by atoms with Crippen LogP contribution in [-0.4, -0.2) is 46.4 Å². The van der Waals surface area contributed by atoms with Crippen LogP contribution in [0.15, 0.2) is 24.4 Å². The van der Waals surface area contributed by atoms with Crippen molar-refractivity contribution < 1.29 is 27.5 Å². The van der Waals surface area contributed by atoms with Gasteiger partial charge in [-0.2, -0.15) is 13.2 Å². The van der Waals surface area contributed by atoms with E-state index in [-0.39, 0.29) is 30.5 Å². The Bertz CT molecular complexity index is 914. The Morgan fingerprint density at radius 2 is 1.86 bits per heavy atom. The third kappa shape index (κ3) is 6.85. The predicted octanol–water partition coefficient (Wildman–Crippen LogP) is 3.44. The molecule has 0 saturated carbocycles. The molecule has 156 valence electrons. The summed E-state index contributed by atoms with van der Waals surface area (Å²) in [7, 11) is 1.60. The molecule has 0 fully saturated rings. The van der Waals surface area contributed by atoms with E-state index in [9.17, 15) is 22.8 Å². The molecule has 0 aliphatic carbocycles. The molecule has 0 aliphatic heterocycles. The van der Waals surface area contributed by atoms with Crippen molar-refractivity contribution in [3.05, 3.63) is 52.5 Å².